The normalized spacial score (nSPS) is 11.2. The zero-order chi connectivity index (χ0) is 12.3. The Labute approximate surface area is 97.4 Å². The molecule has 0 spiro atoms. The lowest BCUT2D eigenvalue weighted by atomic mass is 10.2. The summed E-state index contributed by atoms with van der Waals surface area (Å²) in [6, 6.07) is 3.79. The molecule has 0 aliphatic heterocycles. The zero-order valence-electron chi connectivity index (χ0n) is 7.81. The summed E-state index contributed by atoms with van der Waals surface area (Å²) in [5, 5.41) is 10.8. The van der Waals surface area contributed by atoms with Gasteiger partial charge in [-0.25, -0.2) is 4.79 Å². The Bertz CT molecular complexity index is 406. The van der Waals surface area contributed by atoms with Crippen LogP contribution < -0.4 is 5.32 Å². The Kier molecular flexibility index (Phi) is 3.79. The molecule has 88 valence electrons. The van der Waals surface area contributed by atoms with Crippen molar-refractivity contribution in [1.29, 1.82) is 0 Å². The smallest absolute Gasteiger partial charge is 0.405 e. The van der Waals surface area contributed by atoms with E-state index in [1.165, 1.54) is 18.2 Å². The average Bonchev–Trinajstić information content (AvgIpc) is 2.13. The number of benzene rings is 1. The van der Waals surface area contributed by atoms with Crippen LogP contribution in [0.1, 0.15) is 10.4 Å². The topological polar surface area (TPSA) is 49.3 Å². The fourth-order valence-electron chi connectivity index (χ4n) is 1.00. The number of nitrogens with one attached hydrogen (secondary N) is 1. The van der Waals surface area contributed by atoms with Crippen molar-refractivity contribution in [3.05, 3.63) is 28.2 Å². The third-order valence-electron chi connectivity index (χ3n) is 1.69. The molecule has 0 saturated heterocycles. The van der Waals surface area contributed by atoms with E-state index in [1.54, 1.807) is 0 Å². The van der Waals surface area contributed by atoms with Crippen LogP contribution in [-0.4, -0.2) is 23.8 Å². The number of hydrogen-bond donors (Lipinski definition) is 2. The van der Waals surface area contributed by atoms with Crippen molar-refractivity contribution in [2.75, 3.05) is 11.9 Å². The second kappa shape index (κ2) is 4.73. The molecule has 0 radical (unpaired) electrons. The number of halogens is 4. The van der Waals surface area contributed by atoms with Crippen molar-refractivity contribution >= 4 is 27.6 Å². The molecule has 0 fully saturated rings. The van der Waals surface area contributed by atoms with Gasteiger partial charge in [0.2, 0.25) is 0 Å². The predicted octanol–water partition coefficient (Wildman–Crippen LogP) is 3.12. The van der Waals surface area contributed by atoms with E-state index >= 15 is 0 Å². The van der Waals surface area contributed by atoms with Crippen molar-refractivity contribution < 1.29 is 23.1 Å². The maximum atomic E-state index is 11.9. The van der Waals surface area contributed by atoms with E-state index in [1.807, 2.05) is 0 Å². The van der Waals surface area contributed by atoms with Gasteiger partial charge in [0.25, 0.3) is 0 Å². The lowest BCUT2D eigenvalue weighted by molar-refractivity contribution is -0.115. The van der Waals surface area contributed by atoms with Gasteiger partial charge in [0.05, 0.1) is 5.56 Å². The van der Waals surface area contributed by atoms with Gasteiger partial charge in [0, 0.05) is 10.2 Å². The van der Waals surface area contributed by atoms with Crippen LogP contribution in [0, 0.1) is 0 Å². The molecule has 1 aromatic rings. The van der Waals surface area contributed by atoms with Crippen LogP contribution in [0.3, 0.4) is 0 Å². The first kappa shape index (κ1) is 12.8. The molecule has 0 aliphatic carbocycles. The van der Waals surface area contributed by atoms with Gasteiger partial charge in [-0.15, -0.1) is 0 Å². The van der Waals surface area contributed by atoms with E-state index in [0.717, 1.165) is 0 Å². The molecular formula is C9H7BrF3NO2. The highest BCUT2D eigenvalue weighted by atomic mass is 79.9. The Balaban J connectivity index is 2.78. The van der Waals surface area contributed by atoms with Crippen molar-refractivity contribution in [3.8, 4) is 0 Å². The molecule has 2 N–H and O–H groups in total. The van der Waals surface area contributed by atoms with Gasteiger partial charge in [-0.2, -0.15) is 13.2 Å². The van der Waals surface area contributed by atoms with Crippen LogP contribution in [0.4, 0.5) is 18.9 Å². The standard InChI is InChI=1S/C9H7BrF3NO2/c10-7-3-5(14-4-9(11,12)13)1-2-6(7)8(15)16/h1-3,14H,4H2,(H,15,16). The Morgan fingerprint density at radius 3 is 2.50 bits per heavy atom. The fraction of sp³-hybridized carbons (Fsp3) is 0.222. The summed E-state index contributed by atoms with van der Waals surface area (Å²) in [6.45, 7) is -1.16. The summed E-state index contributed by atoms with van der Waals surface area (Å²) in [5.74, 6) is -1.14. The van der Waals surface area contributed by atoms with Crippen LogP contribution in [0.25, 0.3) is 0 Å². The first-order chi connectivity index (χ1) is 7.29. The molecule has 1 rings (SSSR count). The summed E-state index contributed by atoms with van der Waals surface area (Å²) in [5.41, 5.74) is 0.201. The molecule has 3 nitrogen and oxygen atoms in total. The van der Waals surface area contributed by atoms with Crippen LogP contribution in [-0.2, 0) is 0 Å². The van der Waals surface area contributed by atoms with Crippen LogP contribution >= 0.6 is 15.9 Å². The maximum Gasteiger partial charge on any atom is 0.405 e. The highest BCUT2D eigenvalue weighted by molar-refractivity contribution is 9.10. The van der Waals surface area contributed by atoms with E-state index < -0.39 is 18.7 Å². The van der Waals surface area contributed by atoms with Crippen LogP contribution in [0.15, 0.2) is 22.7 Å². The van der Waals surface area contributed by atoms with E-state index in [9.17, 15) is 18.0 Å². The van der Waals surface area contributed by atoms with Crippen molar-refractivity contribution in [1.82, 2.24) is 0 Å². The fourth-order valence-corrected chi connectivity index (χ4v) is 1.55. The van der Waals surface area contributed by atoms with E-state index in [0.29, 0.717) is 0 Å². The summed E-state index contributed by atoms with van der Waals surface area (Å²) in [7, 11) is 0. The quantitative estimate of drug-likeness (QED) is 0.901. The van der Waals surface area contributed by atoms with E-state index in [4.69, 9.17) is 5.11 Å². The first-order valence-electron chi connectivity index (χ1n) is 4.13. The molecular weight excluding hydrogens is 291 g/mol. The summed E-state index contributed by atoms with van der Waals surface area (Å²) < 4.78 is 35.9. The summed E-state index contributed by atoms with van der Waals surface area (Å²) in [6.07, 6.45) is -4.31. The van der Waals surface area contributed by atoms with Crippen molar-refractivity contribution in [2.45, 2.75) is 6.18 Å². The molecule has 7 heteroatoms. The van der Waals surface area contributed by atoms with Crippen molar-refractivity contribution in [3.63, 3.8) is 0 Å². The number of carboxylic acid groups (broad SMARTS) is 1. The van der Waals surface area contributed by atoms with Gasteiger partial charge in [-0.3, -0.25) is 0 Å². The predicted molar refractivity (Wildman–Crippen MR) is 55.6 cm³/mol. The van der Waals surface area contributed by atoms with Crippen LogP contribution in [0.2, 0.25) is 0 Å². The lowest BCUT2D eigenvalue weighted by Crippen LogP contribution is -2.21. The Morgan fingerprint density at radius 2 is 2.06 bits per heavy atom. The summed E-state index contributed by atoms with van der Waals surface area (Å²) >= 11 is 2.97. The minimum Gasteiger partial charge on any atom is -0.478 e. The molecule has 0 saturated carbocycles. The number of hydrogen-bond acceptors (Lipinski definition) is 2. The Hall–Kier alpha value is -1.24. The molecule has 0 unspecified atom stereocenters. The highest BCUT2D eigenvalue weighted by Crippen LogP contribution is 2.23. The number of aromatic carboxylic acids is 1. The number of anilines is 1. The first-order valence-corrected chi connectivity index (χ1v) is 4.92. The van der Waals surface area contributed by atoms with Gasteiger partial charge >= 0.3 is 12.1 Å². The molecule has 16 heavy (non-hydrogen) atoms. The molecule has 0 bridgehead atoms. The number of rotatable bonds is 3. The van der Waals surface area contributed by atoms with Crippen LogP contribution in [0.5, 0.6) is 0 Å². The third kappa shape index (κ3) is 3.73. The number of carboxylic acids is 1. The van der Waals surface area contributed by atoms with Gasteiger partial charge in [-0.1, -0.05) is 0 Å². The third-order valence-corrected chi connectivity index (χ3v) is 2.35. The Morgan fingerprint density at radius 1 is 1.44 bits per heavy atom. The van der Waals surface area contributed by atoms with Gasteiger partial charge < -0.3 is 10.4 Å². The number of alkyl halides is 3. The SMILES string of the molecule is O=C(O)c1ccc(NCC(F)(F)F)cc1Br. The molecule has 0 heterocycles. The molecule has 0 amide bonds. The van der Waals surface area contributed by atoms with E-state index in [-0.39, 0.29) is 15.7 Å². The molecule has 0 atom stereocenters. The van der Waals surface area contributed by atoms with Gasteiger partial charge in [0.15, 0.2) is 0 Å². The monoisotopic (exact) mass is 297 g/mol. The highest BCUT2D eigenvalue weighted by Gasteiger charge is 2.26. The second-order valence-corrected chi connectivity index (χ2v) is 3.82. The molecule has 0 aliphatic rings. The zero-order valence-corrected chi connectivity index (χ0v) is 9.39. The van der Waals surface area contributed by atoms with Gasteiger partial charge in [-0.05, 0) is 34.1 Å². The minimum atomic E-state index is -4.31. The second-order valence-electron chi connectivity index (χ2n) is 2.97. The maximum absolute atomic E-state index is 11.9. The van der Waals surface area contributed by atoms with Gasteiger partial charge in [0.1, 0.15) is 6.54 Å². The summed E-state index contributed by atoms with van der Waals surface area (Å²) in [4.78, 5) is 10.6. The molecule has 1 aromatic carbocycles. The molecule has 0 aromatic heterocycles. The number of carbonyl (C=O) groups is 1. The minimum absolute atomic E-state index is 0.00226. The van der Waals surface area contributed by atoms with Crippen molar-refractivity contribution in [2.24, 2.45) is 0 Å². The largest absolute Gasteiger partial charge is 0.478 e. The van der Waals surface area contributed by atoms with E-state index in [2.05, 4.69) is 21.2 Å². The average molecular weight is 298 g/mol. The lowest BCUT2D eigenvalue weighted by Gasteiger charge is -2.10.